The van der Waals surface area contributed by atoms with Crippen molar-refractivity contribution in [3.63, 3.8) is 0 Å². The monoisotopic (exact) mass is 454 g/mol. The highest BCUT2D eigenvalue weighted by Gasteiger charge is 2.15. The summed E-state index contributed by atoms with van der Waals surface area (Å²) in [4.78, 5) is 12.6. The van der Waals surface area contributed by atoms with Crippen LogP contribution in [0, 0.1) is 0 Å². The molecule has 164 valence electrons. The van der Waals surface area contributed by atoms with Crippen molar-refractivity contribution >= 4 is 30.0 Å². The second kappa shape index (κ2) is 11.9. The zero-order chi connectivity index (χ0) is 22.0. The lowest BCUT2D eigenvalue weighted by molar-refractivity contribution is 0.0955. The predicted octanol–water partition coefficient (Wildman–Crippen LogP) is 3.97. The molecule has 0 aliphatic carbocycles. The van der Waals surface area contributed by atoms with E-state index in [1.807, 2.05) is 19.9 Å². The normalized spacial score (nSPS) is 11.3. The Morgan fingerprint density at radius 1 is 1.03 bits per heavy atom. The lowest BCUT2D eigenvalue weighted by Crippen LogP contribution is -2.26. The first-order chi connectivity index (χ1) is 14.3. The van der Waals surface area contributed by atoms with Crippen molar-refractivity contribution in [2.45, 2.75) is 13.8 Å². The average molecular weight is 454 g/mol. The van der Waals surface area contributed by atoms with E-state index in [-0.39, 0.29) is 17.3 Å². The molecule has 2 rings (SSSR count). The zero-order valence-corrected chi connectivity index (χ0v) is 19.0. The highest BCUT2D eigenvalue weighted by molar-refractivity contribution is 7.92. The second-order valence-corrected chi connectivity index (χ2v) is 9.53. The highest BCUT2D eigenvalue weighted by atomic mass is 32.2. The number of amides is 1. The van der Waals surface area contributed by atoms with Crippen molar-refractivity contribution in [3.05, 3.63) is 54.1 Å². The van der Waals surface area contributed by atoms with Crippen molar-refractivity contribution in [1.82, 2.24) is 5.32 Å². The summed E-state index contributed by atoms with van der Waals surface area (Å²) >= 11 is 0. The van der Waals surface area contributed by atoms with Crippen LogP contribution in [0.4, 0.5) is 5.69 Å². The van der Waals surface area contributed by atoms with Crippen LogP contribution in [-0.2, 0) is 19.1 Å². The van der Waals surface area contributed by atoms with E-state index in [1.165, 1.54) is 18.2 Å². The lowest BCUT2D eigenvalue weighted by Gasteiger charge is -2.16. The Morgan fingerprint density at radius 3 is 2.30 bits per heavy atom. The van der Waals surface area contributed by atoms with E-state index in [2.05, 4.69) is 10.0 Å². The lowest BCUT2D eigenvalue weighted by atomic mass is 10.1. The molecule has 0 heterocycles. The van der Waals surface area contributed by atoms with Crippen molar-refractivity contribution in [2.75, 3.05) is 36.9 Å². The molecule has 1 amide bonds. The topological polar surface area (TPSA) is 103 Å². The van der Waals surface area contributed by atoms with Crippen molar-refractivity contribution in [3.8, 4) is 11.5 Å². The molecule has 0 aliphatic rings. The van der Waals surface area contributed by atoms with Crippen LogP contribution in [0.5, 0.6) is 11.5 Å². The van der Waals surface area contributed by atoms with E-state index in [0.717, 1.165) is 6.26 Å². The van der Waals surface area contributed by atoms with Crippen molar-refractivity contribution < 1.29 is 27.0 Å². The van der Waals surface area contributed by atoms with Crippen molar-refractivity contribution in [2.24, 2.45) is 0 Å². The molecule has 2 aromatic rings. The fourth-order valence-electron chi connectivity index (χ4n) is 2.46. The number of rotatable bonds is 12. The van der Waals surface area contributed by atoms with Gasteiger partial charge >= 0.3 is 0 Å². The molecule has 10 heteroatoms. The number of hydrogen-bond donors (Lipinski definition) is 2. The Kier molecular flexibility index (Phi) is 9.52. The van der Waals surface area contributed by atoms with Crippen LogP contribution in [0.2, 0.25) is 0 Å². The number of nitrogens with one attached hydrogen (secondary N) is 2. The van der Waals surface area contributed by atoms with Gasteiger partial charge in [0.05, 0.1) is 25.2 Å². The Hall–Kier alpha value is -2.19. The van der Waals surface area contributed by atoms with Crippen LogP contribution in [0.3, 0.4) is 0 Å². The molecule has 8 nitrogen and oxygen atoms in total. The van der Waals surface area contributed by atoms with E-state index in [1.54, 1.807) is 24.3 Å². The Balaban J connectivity index is 2.13. The zero-order valence-electron chi connectivity index (χ0n) is 17.3. The first-order valence-corrected chi connectivity index (χ1v) is 12.7. The summed E-state index contributed by atoms with van der Waals surface area (Å²) in [5.74, 6) is 0.442. The van der Waals surface area contributed by atoms with Crippen LogP contribution in [0.15, 0.2) is 48.5 Å². The quantitative estimate of drug-likeness (QED) is 0.471. The highest BCUT2D eigenvalue weighted by Crippen LogP contribution is 2.37. The average Bonchev–Trinajstić information content (AvgIpc) is 2.69. The summed E-state index contributed by atoms with van der Waals surface area (Å²) in [5, 5.41) is 2.83. The molecule has 2 aromatic carbocycles. The molecule has 0 saturated heterocycles. The van der Waals surface area contributed by atoms with Gasteiger partial charge in [-0.25, -0.2) is 8.42 Å². The molecule has 0 bridgehead atoms. The Bertz CT molecular complexity index is 918. The van der Waals surface area contributed by atoms with Gasteiger partial charge in [-0.3, -0.25) is 9.52 Å². The molecule has 30 heavy (non-hydrogen) atoms. The van der Waals surface area contributed by atoms with Gasteiger partial charge in [-0.15, -0.1) is 0 Å². The SMILES string of the molecule is CCOP(CCNC(=O)c1ccc(NS(C)(=O)=O)c(Oc2ccccc2)c1)OCC. The summed E-state index contributed by atoms with van der Waals surface area (Å²) in [6.07, 6.45) is 1.62. The Labute approximate surface area is 178 Å². The standard InChI is InChI=1S/C20H27N2O6PS/c1-4-26-29(27-5-2)14-13-21-20(23)16-11-12-18(22-30(3,24)25)19(15-16)28-17-9-7-6-8-10-17/h6-12,15,22H,4-5,13-14H2,1-3H3,(H,21,23). The molecule has 0 fully saturated rings. The molecule has 0 aliphatic heterocycles. The summed E-state index contributed by atoms with van der Waals surface area (Å²) in [5.41, 5.74) is 0.589. The van der Waals surface area contributed by atoms with Crippen LogP contribution >= 0.6 is 8.38 Å². The summed E-state index contributed by atoms with van der Waals surface area (Å²) in [7, 11) is -4.55. The van der Waals surface area contributed by atoms with E-state index in [0.29, 0.717) is 37.2 Å². The molecule has 0 spiro atoms. The van der Waals surface area contributed by atoms with Crippen LogP contribution in [0.25, 0.3) is 0 Å². The molecule has 0 saturated carbocycles. The van der Waals surface area contributed by atoms with Gasteiger partial charge in [-0.05, 0) is 44.2 Å². The minimum atomic E-state index is -3.52. The van der Waals surface area contributed by atoms with Crippen LogP contribution in [0.1, 0.15) is 24.2 Å². The number of para-hydroxylation sites is 1. The number of benzene rings is 2. The van der Waals surface area contributed by atoms with E-state index >= 15 is 0 Å². The van der Waals surface area contributed by atoms with Gasteiger partial charge in [-0.2, -0.15) is 0 Å². The third kappa shape index (κ3) is 8.28. The van der Waals surface area contributed by atoms with Crippen LogP contribution < -0.4 is 14.8 Å². The summed E-state index contributed by atoms with van der Waals surface area (Å²) in [6.45, 7) is 5.28. The molecule has 0 atom stereocenters. The van der Waals surface area contributed by atoms with Gasteiger partial charge in [0, 0.05) is 18.3 Å². The van der Waals surface area contributed by atoms with Crippen molar-refractivity contribution in [1.29, 1.82) is 0 Å². The maximum Gasteiger partial charge on any atom is 0.251 e. The first-order valence-electron chi connectivity index (χ1n) is 9.48. The fourth-order valence-corrected chi connectivity index (χ4v) is 4.24. The van der Waals surface area contributed by atoms with Gasteiger partial charge in [0.15, 0.2) is 14.1 Å². The Morgan fingerprint density at radius 2 is 1.70 bits per heavy atom. The van der Waals surface area contributed by atoms with Gasteiger partial charge in [0.1, 0.15) is 5.75 Å². The number of ether oxygens (including phenoxy) is 1. The van der Waals surface area contributed by atoms with Gasteiger partial charge in [0.25, 0.3) is 5.91 Å². The predicted molar refractivity (Wildman–Crippen MR) is 119 cm³/mol. The maximum absolute atomic E-state index is 12.6. The molecule has 0 unspecified atom stereocenters. The molecule has 0 radical (unpaired) electrons. The second-order valence-electron chi connectivity index (χ2n) is 6.15. The molecule has 0 aromatic heterocycles. The number of hydrogen-bond acceptors (Lipinski definition) is 6. The molecular weight excluding hydrogens is 427 g/mol. The third-order valence-corrected chi connectivity index (χ3v) is 5.91. The number of carbonyl (C=O) groups excluding carboxylic acids is 1. The van der Waals surface area contributed by atoms with E-state index in [4.69, 9.17) is 13.8 Å². The maximum atomic E-state index is 12.6. The summed E-state index contributed by atoms with van der Waals surface area (Å²) in [6, 6.07) is 13.4. The third-order valence-electron chi connectivity index (χ3n) is 3.64. The minimum absolute atomic E-state index is 0.227. The number of sulfonamides is 1. The smallest absolute Gasteiger partial charge is 0.251 e. The number of anilines is 1. The van der Waals surface area contributed by atoms with Crippen LogP contribution in [-0.4, -0.2) is 46.5 Å². The number of carbonyl (C=O) groups is 1. The van der Waals surface area contributed by atoms with E-state index in [9.17, 15) is 13.2 Å². The largest absolute Gasteiger partial charge is 0.455 e. The fraction of sp³-hybridized carbons (Fsp3) is 0.350. The van der Waals surface area contributed by atoms with E-state index < -0.39 is 18.4 Å². The van der Waals surface area contributed by atoms with Gasteiger partial charge in [-0.1, -0.05) is 18.2 Å². The van der Waals surface area contributed by atoms with Gasteiger partial charge < -0.3 is 19.1 Å². The minimum Gasteiger partial charge on any atom is -0.455 e. The summed E-state index contributed by atoms with van der Waals surface area (Å²) < 4.78 is 42.6. The molecular formula is C20H27N2O6PS. The van der Waals surface area contributed by atoms with Gasteiger partial charge in [0.2, 0.25) is 10.0 Å². The molecule has 2 N–H and O–H groups in total. The first kappa shape index (κ1) is 24.1.